The zero-order chi connectivity index (χ0) is 13.3. The van der Waals surface area contributed by atoms with Crippen molar-refractivity contribution in [2.24, 2.45) is 0 Å². The van der Waals surface area contributed by atoms with Gasteiger partial charge in [-0.05, 0) is 13.8 Å². The molecule has 0 N–H and O–H groups in total. The zero-order valence-electron chi connectivity index (χ0n) is 10.8. The Kier molecular flexibility index (Phi) is 7.12. The van der Waals surface area contributed by atoms with Gasteiger partial charge in [-0.1, -0.05) is 35.9 Å². The Balaban J connectivity index is 0.000000318. The van der Waals surface area contributed by atoms with Gasteiger partial charge in [0.25, 0.3) is 0 Å². The summed E-state index contributed by atoms with van der Waals surface area (Å²) in [4.78, 5) is 12.3. The molecule has 0 unspecified atom stereocenters. The highest BCUT2D eigenvalue weighted by atomic mass is 16.1. The van der Waals surface area contributed by atoms with E-state index >= 15 is 0 Å². The van der Waals surface area contributed by atoms with Gasteiger partial charge in [-0.25, -0.2) is 0 Å². The van der Waals surface area contributed by atoms with E-state index in [1.165, 1.54) is 18.7 Å². The molecule has 0 amide bonds. The van der Waals surface area contributed by atoms with Crippen LogP contribution in [0.15, 0.2) is 42.1 Å². The van der Waals surface area contributed by atoms with Crippen LogP contribution in [0, 0.1) is 18.3 Å². The Hall–Kier alpha value is -2.08. The van der Waals surface area contributed by atoms with E-state index in [0.717, 1.165) is 0 Å². The summed E-state index contributed by atoms with van der Waals surface area (Å²) >= 11 is 0. The Labute approximate surface area is 103 Å². The molecule has 17 heavy (non-hydrogen) atoms. The molecule has 0 spiro atoms. The molecule has 3 heteroatoms. The highest BCUT2D eigenvalue weighted by Gasteiger charge is 2.00. The maximum absolute atomic E-state index is 10.6. The molecule has 0 heterocycles. The van der Waals surface area contributed by atoms with Gasteiger partial charge < -0.3 is 4.90 Å². The van der Waals surface area contributed by atoms with E-state index in [-0.39, 0.29) is 11.4 Å². The molecule has 0 aromatic heterocycles. The minimum absolute atomic E-state index is 0.185. The number of hydrogen-bond donors (Lipinski definition) is 0. The first-order chi connectivity index (χ1) is 7.97. The number of Topliss-reactive ketones (excluding diaryl/α,β-unsaturated/α-hetero) is 1. The van der Waals surface area contributed by atoms with Crippen molar-refractivity contribution in [1.82, 2.24) is 4.90 Å². The van der Waals surface area contributed by atoms with Crippen molar-refractivity contribution in [2.45, 2.75) is 13.8 Å². The molecule has 1 aromatic carbocycles. The quantitative estimate of drug-likeness (QED) is 0.579. The summed E-state index contributed by atoms with van der Waals surface area (Å²) in [5, 5.41) is 8.38. The Morgan fingerprint density at radius 1 is 1.29 bits per heavy atom. The molecule has 1 rings (SSSR count). The van der Waals surface area contributed by atoms with Gasteiger partial charge in [0.15, 0.2) is 5.78 Å². The first kappa shape index (κ1) is 14.9. The van der Waals surface area contributed by atoms with Gasteiger partial charge >= 0.3 is 0 Å². The minimum Gasteiger partial charge on any atom is -0.382 e. The van der Waals surface area contributed by atoms with Crippen molar-refractivity contribution in [3.8, 4) is 6.07 Å². The summed E-state index contributed by atoms with van der Waals surface area (Å²) in [6, 6.07) is 12.1. The predicted octanol–water partition coefficient (Wildman–Crippen LogP) is 2.54. The maximum Gasteiger partial charge on any atom is 0.171 e. The van der Waals surface area contributed by atoms with Crippen LogP contribution in [0.1, 0.15) is 12.5 Å². The lowest BCUT2D eigenvalue weighted by Gasteiger charge is -2.03. The lowest BCUT2D eigenvalue weighted by Crippen LogP contribution is -2.05. The fourth-order valence-corrected chi connectivity index (χ4v) is 0.991. The number of aryl methyl sites for hydroxylation is 1. The number of rotatable bonds is 2. The Bertz CT molecular complexity index is 414. The van der Waals surface area contributed by atoms with Gasteiger partial charge in [0.1, 0.15) is 11.6 Å². The van der Waals surface area contributed by atoms with Crippen molar-refractivity contribution in [3.63, 3.8) is 0 Å². The van der Waals surface area contributed by atoms with E-state index in [2.05, 4.69) is 19.1 Å². The van der Waals surface area contributed by atoms with E-state index in [9.17, 15) is 4.79 Å². The monoisotopic (exact) mass is 230 g/mol. The summed E-state index contributed by atoms with van der Waals surface area (Å²) in [6.07, 6.45) is 1.50. The first-order valence-electron chi connectivity index (χ1n) is 5.28. The van der Waals surface area contributed by atoms with Gasteiger partial charge in [-0.3, -0.25) is 4.79 Å². The highest BCUT2D eigenvalue weighted by molar-refractivity contribution is 5.96. The third-order valence-corrected chi connectivity index (χ3v) is 1.83. The lowest BCUT2D eigenvalue weighted by atomic mass is 10.2. The summed E-state index contributed by atoms with van der Waals surface area (Å²) in [5.41, 5.74) is 1.51. The number of nitrogens with zero attached hydrogens (tertiary/aromatic N) is 2. The molecular weight excluding hydrogens is 212 g/mol. The normalized spacial score (nSPS) is 9.71. The van der Waals surface area contributed by atoms with Gasteiger partial charge in [0.2, 0.25) is 0 Å². The van der Waals surface area contributed by atoms with Crippen LogP contribution < -0.4 is 0 Å². The van der Waals surface area contributed by atoms with Crippen LogP contribution in [0.25, 0.3) is 0 Å². The molecule has 0 radical (unpaired) electrons. The zero-order valence-corrected chi connectivity index (χ0v) is 10.8. The van der Waals surface area contributed by atoms with Crippen LogP contribution in [0.2, 0.25) is 0 Å². The number of carbonyl (C=O) groups excluding carboxylic acids is 1. The maximum atomic E-state index is 10.6. The van der Waals surface area contributed by atoms with Crippen LogP contribution >= 0.6 is 0 Å². The molecule has 0 aliphatic heterocycles. The Morgan fingerprint density at radius 2 is 1.82 bits per heavy atom. The van der Waals surface area contributed by atoms with Crippen LogP contribution in [0.5, 0.6) is 0 Å². The average molecular weight is 230 g/mol. The third-order valence-electron chi connectivity index (χ3n) is 1.83. The van der Waals surface area contributed by atoms with Crippen LogP contribution in [-0.2, 0) is 4.79 Å². The predicted molar refractivity (Wildman–Crippen MR) is 69.2 cm³/mol. The largest absolute Gasteiger partial charge is 0.382 e. The fraction of sp³-hybridized carbons (Fsp3) is 0.286. The number of hydrogen-bond acceptors (Lipinski definition) is 3. The van der Waals surface area contributed by atoms with Gasteiger partial charge in [0, 0.05) is 20.3 Å². The van der Waals surface area contributed by atoms with Crippen LogP contribution in [0.4, 0.5) is 0 Å². The molecule has 0 saturated carbocycles. The van der Waals surface area contributed by atoms with Crippen molar-refractivity contribution < 1.29 is 4.79 Å². The second-order valence-corrected chi connectivity index (χ2v) is 3.83. The summed E-state index contributed by atoms with van der Waals surface area (Å²) in [6.45, 7) is 3.46. The first-order valence-corrected chi connectivity index (χ1v) is 5.28. The van der Waals surface area contributed by atoms with E-state index < -0.39 is 0 Å². The number of benzene rings is 1. The van der Waals surface area contributed by atoms with Crippen molar-refractivity contribution in [2.75, 3.05) is 14.1 Å². The topological polar surface area (TPSA) is 44.1 Å². The van der Waals surface area contributed by atoms with Crippen LogP contribution in [-0.4, -0.2) is 24.8 Å². The number of nitriles is 1. The number of allylic oxidation sites excluding steroid dienone is 1. The minimum atomic E-state index is -0.198. The van der Waals surface area contributed by atoms with E-state index in [4.69, 9.17) is 5.26 Å². The average Bonchev–Trinajstić information content (AvgIpc) is 2.27. The fourth-order valence-electron chi connectivity index (χ4n) is 0.991. The molecule has 1 aromatic rings. The third kappa shape index (κ3) is 7.80. The SMILES string of the molecule is CC(=O)C(C#N)=CN(C)C.Cc1ccccc1. The van der Waals surface area contributed by atoms with Gasteiger partial charge in [0.05, 0.1) is 0 Å². The number of ketones is 1. The lowest BCUT2D eigenvalue weighted by molar-refractivity contribution is -0.113. The molecule has 0 fully saturated rings. The van der Waals surface area contributed by atoms with E-state index in [1.54, 1.807) is 25.1 Å². The van der Waals surface area contributed by atoms with Gasteiger partial charge in [-0.2, -0.15) is 5.26 Å². The molecule has 0 atom stereocenters. The Morgan fingerprint density at radius 3 is 2.00 bits per heavy atom. The highest BCUT2D eigenvalue weighted by Crippen LogP contribution is 1.94. The molecular formula is C14H18N2O. The molecule has 90 valence electrons. The number of carbonyl (C=O) groups is 1. The molecule has 0 bridgehead atoms. The molecule has 0 saturated heterocycles. The van der Waals surface area contributed by atoms with Crippen molar-refractivity contribution >= 4 is 5.78 Å². The smallest absolute Gasteiger partial charge is 0.171 e. The second kappa shape index (κ2) is 8.12. The standard InChI is InChI=1S/C7H10N2O.C7H8/c1-6(10)7(4-8)5-9(2)3;1-7-5-3-2-4-6-7/h5H,1-3H3;2-6H,1H3. The van der Waals surface area contributed by atoms with Crippen molar-refractivity contribution in [1.29, 1.82) is 5.26 Å². The van der Waals surface area contributed by atoms with Gasteiger partial charge in [-0.15, -0.1) is 0 Å². The van der Waals surface area contributed by atoms with Crippen molar-refractivity contribution in [3.05, 3.63) is 47.7 Å². The van der Waals surface area contributed by atoms with Crippen LogP contribution in [0.3, 0.4) is 0 Å². The van der Waals surface area contributed by atoms with E-state index in [0.29, 0.717) is 0 Å². The summed E-state index contributed by atoms with van der Waals surface area (Å²) < 4.78 is 0. The van der Waals surface area contributed by atoms with E-state index in [1.807, 2.05) is 18.2 Å². The molecule has 0 aliphatic rings. The molecule has 3 nitrogen and oxygen atoms in total. The molecule has 0 aliphatic carbocycles. The second-order valence-electron chi connectivity index (χ2n) is 3.83. The summed E-state index contributed by atoms with van der Waals surface area (Å²) in [5.74, 6) is -0.198. The summed E-state index contributed by atoms with van der Waals surface area (Å²) in [7, 11) is 3.53.